The molecular formula is C12H15F2NO2. The predicted molar refractivity (Wildman–Crippen MR) is 58.3 cm³/mol. The second kappa shape index (κ2) is 4.33. The van der Waals surface area contributed by atoms with Gasteiger partial charge in [-0.2, -0.15) is 0 Å². The van der Waals surface area contributed by atoms with E-state index in [-0.39, 0.29) is 30.4 Å². The van der Waals surface area contributed by atoms with Crippen LogP contribution in [0, 0.1) is 18.6 Å². The van der Waals surface area contributed by atoms with Crippen molar-refractivity contribution < 1.29 is 18.3 Å². The molecule has 0 aliphatic carbocycles. The lowest BCUT2D eigenvalue weighted by molar-refractivity contribution is -0.162. The first-order chi connectivity index (χ1) is 7.96. The molecule has 1 aliphatic rings. The highest BCUT2D eigenvalue weighted by molar-refractivity contribution is 5.28. The summed E-state index contributed by atoms with van der Waals surface area (Å²) in [5, 5.41) is 0. The molecule has 1 heterocycles. The lowest BCUT2D eigenvalue weighted by Gasteiger charge is -2.24. The molecule has 0 aromatic heterocycles. The molecule has 0 bridgehead atoms. The van der Waals surface area contributed by atoms with E-state index in [2.05, 4.69) is 0 Å². The largest absolute Gasteiger partial charge is 0.343 e. The number of ether oxygens (including phenoxy) is 2. The van der Waals surface area contributed by atoms with Gasteiger partial charge in [0.15, 0.2) is 5.79 Å². The summed E-state index contributed by atoms with van der Waals surface area (Å²) in [5.41, 5.74) is 5.77. The number of benzene rings is 1. The van der Waals surface area contributed by atoms with Crippen LogP contribution in [0.5, 0.6) is 0 Å². The molecular weight excluding hydrogens is 228 g/mol. The number of rotatable bonds is 2. The van der Waals surface area contributed by atoms with E-state index in [0.29, 0.717) is 0 Å². The maximum Gasteiger partial charge on any atom is 0.195 e. The molecule has 2 unspecified atom stereocenters. The Labute approximate surface area is 98.5 Å². The first-order valence-corrected chi connectivity index (χ1v) is 5.44. The Kier molecular flexibility index (Phi) is 3.16. The average Bonchev–Trinajstić information content (AvgIpc) is 2.66. The predicted octanol–water partition coefficient (Wildman–Crippen LogP) is 1.82. The molecule has 2 N–H and O–H groups in total. The summed E-state index contributed by atoms with van der Waals surface area (Å²) in [6.07, 6.45) is -0.288. The van der Waals surface area contributed by atoms with E-state index >= 15 is 0 Å². The van der Waals surface area contributed by atoms with Crippen LogP contribution in [-0.2, 0) is 15.3 Å². The van der Waals surface area contributed by atoms with E-state index in [1.807, 2.05) is 0 Å². The average molecular weight is 243 g/mol. The molecule has 0 saturated carbocycles. The second-order valence-corrected chi connectivity index (χ2v) is 4.31. The van der Waals surface area contributed by atoms with E-state index < -0.39 is 17.4 Å². The first kappa shape index (κ1) is 12.4. The molecule has 5 heteroatoms. The maximum absolute atomic E-state index is 13.8. The Hall–Kier alpha value is -1.04. The van der Waals surface area contributed by atoms with E-state index in [4.69, 9.17) is 15.2 Å². The quantitative estimate of drug-likeness (QED) is 0.861. The molecule has 0 spiro atoms. The number of halogens is 2. The third-order valence-electron chi connectivity index (χ3n) is 2.94. The molecule has 17 heavy (non-hydrogen) atoms. The van der Waals surface area contributed by atoms with Gasteiger partial charge in [0, 0.05) is 12.1 Å². The van der Waals surface area contributed by atoms with Crippen molar-refractivity contribution in [2.24, 2.45) is 5.73 Å². The molecule has 2 rings (SSSR count). The molecule has 2 atom stereocenters. The third kappa shape index (κ3) is 2.18. The van der Waals surface area contributed by atoms with Crippen LogP contribution in [0.15, 0.2) is 12.1 Å². The van der Waals surface area contributed by atoms with Crippen LogP contribution in [0.2, 0.25) is 0 Å². The van der Waals surface area contributed by atoms with E-state index in [1.54, 1.807) is 6.92 Å². The summed E-state index contributed by atoms with van der Waals surface area (Å²) < 4.78 is 38.2. The first-order valence-electron chi connectivity index (χ1n) is 5.44. The minimum Gasteiger partial charge on any atom is -0.343 e. The zero-order valence-electron chi connectivity index (χ0n) is 9.80. The molecule has 1 aliphatic heterocycles. The van der Waals surface area contributed by atoms with E-state index in [1.165, 1.54) is 6.92 Å². The Bertz CT molecular complexity index is 439. The van der Waals surface area contributed by atoms with E-state index in [9.17, 15) is 8.78 Å². The van der Waals surface area contributed by atoms with Crippen LogP contribution in [0.25, 0.3) is 0 Å². The van der Waals surface area contributed by atoms with Crippen molar-refractivity contribution in [3.05, 3.63) is 34.9 Å². The molecule has 1 fully saturated rings. The molecule has 3 nitrogen and oxygen atoms in total. The summed E-state index contributed by atoms with van der Waals surface area (Å²) in [6, 6.07) is 2.25. The maximum atomic E-state index is 13.8. The van der Waals surface area contributed by atoms with Crippen molar-refractivity contribution in [3.8, 4) is 0 Å². The van der Waals surface area contributed by atoms with Crippen molar-refractivity contribution in [1.82, 2.24) is 0 Å². The fourth-order valence-corrected chi connectivity index (χ4v) is 1.89. The van der Waals surface area contributed by atoms with E-state index in [0.717, 1.165) is 12.1 Å². The molecule has 0 radical (unpaired) electrons. The van der Waals surface area contributed by atoms with Gasteiger partial charge in [-0.05, 0) is 31.5 Å². The fourth-order valence-electron chi connectivity index (χ4n) is 1.89. The van der Waals surface area contributed by atoms with Gasteiger partial charge in [-0.25, -0.2) is 8.78 Å². The van der Waals surface area contributed by atoms with Crippen LogP contribution in [0.1, 0.15) is 18.1 Å². The number of hydrogen-bond acceptors (Lipinski definition) is 3. The van der Waals surface area contributed by atoms with Gasteiger partial charge in [0.1, 0.15) is 11.6 Å². The van der Waals surface area contributed by atoms with Crippen molar-refractivity contribution in [3.63, 3.8) is 0 Å². The highest BCUT2D eigenvalue weighted by Crippen LogP contribution is 2.35. The Morgan fingerprint density at radius 3 is 2.71 bits per heavy atom. The van der Waals surface area contributed by atoms with Crippen molar-refractivity contribution in [2.75, 3.05) is 13.2 Å². The second-order valence-electron chi connectivity index (χ2n) is 4.31. The minimum atomic E-state index is -1.26. The van der Waals surface area contributed by atoms with Crippen LogP contribution in [0.4, 0.5) is 8.78 Å². The summed E-state index contributed by atoms with van der Waals surface area (Å²) in [6.45, 7) is 3.63. The van der Waals surface area contributed by atoms with Crippen LogP contribution in [-0.4, -0.2) is 19.3 Å². The smallest absolute Gasteiger partial charge is 0.195 e. The van der Waals surface area contributed by atoms with Gasteiger partial charge in [-0.15, -0.1) is 0 Å². The van der Waals surface area contributed by atoms with Gasteiger partial charge in [-0.3, -0.25) is 0 Å². The number of aryl methyl sites for hydroxylation is 1. The molecule has 94 valence electrons. The molecule has 1 aromatic rings. The number of nitrogens with two attached hydrogens (primary N) is 1. The summed E-state index contributed by atoms with van der Waals surface area (Å²) in [5.74, 6) is -2.28. The van der Waals surface area contributed by atoms with Crippen molar-refractivity contribution in [1.29, 1.82) is 0 Å². The van der Waals surface area contributed by atoms with Crippen LogP contribution in [0.3, 0.4) is 0 Å². The summed E-state index contributed by atoms with van der Waals surface area (Å²) in [4.78, 5) is 0. The fraction of sp³-hybridized carbons (Fsp3) is 0.500. The van der Waals surface area contributed by atoms with Crippen molar-refractivity contribution >= 4 is 0 Å². The lowest BCUT2D eigenvalue weighted by atomic mass is 10.0. The summed E-state index contributed by atoms with van der Waals surface area (Å²) in [7, 11) is 0. The normalized spacial score (nSPS) is 28.6. The molecule has 1 saturated heterocycles. The highest BCUT2D eigenvalue weighted by Gasteiger charge is 2.40. The van der Waals surface area contributed by atoms with Crippen LogP contribution >= 0.6 is 0 Å². The van der Waals surface area contributed by atoms with Gasteiger partial charge in [0.25, 0.3) is 0 Å². The Balaban J connectivity index is 2.37. The zero-order chi connectivity index (χ0) is 12.6. The minimum absolute atomic E-state index is 0.0663. The standard InChI is InChI=1S/C12H15F2NO2/c1-7-3-11(14)9(4-10(7)13)12(2)16-6-8(5-15)17-12/h3-4,8H,5-6,15H2,1-2H3. The monoisotopic (exact) mass is 243 g/mol. The highest BCUT2D eigenvalue weighted by atomic mass is 19.1. The third-order valence-corrected chi connectivity index (χ3v) is 2.94. The van der Waals surface area contributed by atoms with Gasteiger partial charge >= 0.3 is 0 Å². The lowest BCUT2D eigenvalue weighted by Crippen LogP contribution is -2.28. The zero-order valence-corrected chi connectivity index (χ0v) is 9.80. The number of hydrogen-bond donors (Lipinski definition) is 1. The van der Waals surface area contributed by atoms with Gasteiger partial charge < -0.3 is 15.2 Å². The summed E-state index contributed by atoms with van der Waals surface area (Å²) >= 11 is 0. The van der Waals surface area contributed by atoms with Gasteiger partial charge in [0.2, 0.25) is 0 Å². The van der Waals surface area contributed by atoms with Gasteiger partial charge in [0.05, 0.1) is 12.7 Å². The Morgan fingerprint density at radius 1 is 1.41 bits per heavy atom. The molecule has 0 amide bonds. The SMILES string of the molecule is Cc1cc(F)c(C2(C)OCC(CN)O2)cc1F. The van der Waals surface area contributed by atoms with Crippen LogP contribution < -0.4 is 5.73 Å². The van der Waals surface area contributed by atoms with Gasteiger partial charge in [-0.1, -0.05) is 0 Å². The Morgan fingerprint density at radius 2 is 2.12 bits per heavy atom. The topological polar surface area (TPSA) is 44.5 Å². The van der Waals surface area contributed by atoms with Crippen molar-refractivity contribution in [2.45, 2.75) is 25.7 Å². The molecule has 1 aromatic carbocycles.